The number of anilines is 1. The number of nitrogens with one attached hydrogen (secondary N) is 1. The number of fused-ring (bicyclic) bond motifs is 1. The zero-order chi connectivity index (χ0) is 21.0. The van der Waals surface area contributed by atoms with Gasteiger partial charge in [-0.15, -0.1) is 11.3 Å². The van der Waals surface area contributed by atoms with Crippen LogP contribution in [0.3, 0.4) is 0 Å². The van der Waals surface area contributed by atoms with Gasteiger partial charge in [0.05, 0.1) is 0 Å². The summed E-state index contributed by atoms with van der Waals surface area (Å²) in [5.74, 6) is 0.137. The molecular weight excluding hydrogens is 402 g/mol. The summed E-state index contributed by atoms with van der Waals surface area (Å²) in [7, 11) is 0. The van der Waals surface area contributed by atoms with E-state index in [1.165, 1.54) is 21.7 Å². The molecule has 0 bridgehead atoms. The van der Waals surface area contributed by atoms with Gasteiger partial charge in [-0.1, -0.05) is 30.3 Å². The normalized spacial score (nSPS) is 16.9. The lowest BCUT2D eigenvalue weighted by Gasteiger charge is -2.34. The highest BCUT2D eigenvalue weighted by Gasteiger charge is 2.23. The van der Waals surface area contributed by atoms with Gasteiger partial charge in [0.25, 0.3) is 5.91 Å². The molecule has 3 aromatic rings. The van der Waals surface area contributed by atoms with Crippen molar-refractivity contribution < 1.29 is 4.79 Å². The molecule has 160 valence electrons. The van der Waals surface area contributed by atoms with Crippen molar-refractivity contribution in [3.8, 4) is 0 Å². The first-order valence-corrected chi connectivity index (χ1v) is 12.1. The van der Waals surface area contributed by atoms with Crippen molar-refractivity contribution in [1.82, 2.24) is 10.2 Å². The lowest BCUT2D eigenvalue weighted by Crippen LogP contribution is -2.42. The predicted octanol–water partition coefficient (Wildman–Crippen LogP) is 4.71. The number of carbonyl (C=O) groups excluding carboxylic acids is 1. The van der Waals surface area contributed by atoms with Crippen molar-refractivity contribution in [2.24, 2.45) is 0 Å². The fourth-order valence-electron chi connectivity index (χ4n) is 4.67. The van der Waals surface area contributed by atoms with E-state index in [0.717, 1.165) is 51.0 Å². The number of hydrogen-bond acceptors (Lipinski definition) is 4. The number of amides is 1. The molecule has 0 spiro atoms. The topological polar surface area (TPSA) is 35.6 Å². The van der Waals surface area contributed by atoms with Crippen molar-refractivity contribution in [3.63, 3.8) is 0 Å². The third-order valence-corrected chi connectivity index (χ3v) is 7.41. The lowest BCUT2D eigenvalue weighted by molar-refractivity contribution is 0.0734. The van der Waals surface area contributed by atoms with E-state index in [0.29, 0.717) is 12.6 Å². The molecule has 1 amide bonds. The van der Waals surface area contributed by atoms with Crippen LogP contribution in [0.15, 0.2) is 66.0 Å². The lowest BCUT2D eigenvalue weighted by atomic mass is 9.99. The Bertz CT molecular complexity index is 1010. The number of rotatable bonds is 5. The zero-order valence-corrected chi connectivity index (χ0v) is 18.6. The number of hydrogen-bond donors (Lipinski definition) is 1. The summed E-state index contributed by atoms with van der Waals surface area (Å²) in [5, 5.41) is 5.83. The Kier molecular flexibility index (Phi) is 6.05. The molecule has 5 rings (SSSR count). The molecule has 5 heteroatoms. The fraction of sp³-hybridized carbons (Fsp3) is 0.346. The third-order valence-electron chi connectivity index (χ3n) is 6.54. The molecule has 0 unspecified atom stereocenters. The highest BCUT2D eigenvalue weighted by Crippen LogP contribution is 2.24. The molecule has 1 saturated heterocycles. The van der Waals surface area contributed by atoms with Crippen LogP contribution in [0.1, 0.15) is 39.2 Å². The number of nitrogens with zero attached hydrogens (tertiary/aromatic N) is 2. The van der Waals surface area contributed by atoms with Gasteiger partial charge in [0.1, 0.15) is 0 Å². The molecule has 0 radical (unpaired) electrons. The molecule has 1 N–H and O–H groups in total. The van der Waals surface area contributed by atoms with Gasteiger partial charge in [0.15, 0.2) is 0 Å². The Balaban J connectivity index is 1.15. The first-order valence-electron chi connectivity index (χ1n) is 11.2. The molecule has 3 heterocycles. The quantitative estimate of drug-likeness (QED) is 0.636. The van der Waals surface area contributed by atoms with E-state index in [-0.39, 0.29) is 5.91 Å². The molecule has 2 aromatic carbocycles. The van der Waals surface area contributed by atoms with Gasteiger partial charge in [0, 0.05) is 54.9 Å². The average Bonchev–Trinajstić information content (AvgIpc) is 3.36. The molecule has 4 nitrogen and oxygen atoms in total. The average molecular weight is 432 g/mol. The summed E-state index contributed by atoms with van der Waals surface area (Å²) >= 11 is 1.82. The predicted molar refractivity (Wildman–Crippen MR) is 128 cm³/mol. The van der Waals surface area contributed by atoms with Crippen LogP contribution in [0.5, 0.6) is 0 Å². The van der Waals surface area contributed by atoms with Crippen LogP contribution in [-0.2, 0) is 19.5 Å². The van der Waals surface area contributed by atoms with Crippen LogP contribution in [-0.4, -0.2) is 36.5 Å². The Morgan fingerprint density at radius 3 is 2.45 bits per heavy atom. The van der Waals surface area contributed by atoms with Gasteiger partial charge < -0.3 is 15.1 Å². The maximum atomic E-state index is 13.0. The van der Waals surface area contributed by atoms with Crippen molar-refractivity contribution >= 4 is 22.9 Å². The summed E-state index contributed by atoms with van der Waals surface area (Å²) in [5.41, 5.74) is 4.65. The van der Waals surface area contributed by atoms with Crippen LogP contribution in [0.25, 0.3) is 0 Å². The van der Waals surface area contributed by atoms with Crippen LogP contribution in [0.2, 0.25) is 0 Å². The Hall–Kier alpha value is -2.63. The second-order valence-corrected chi connectivity index (χ2v) is 9.55. The third kappa shape index (κ3) is 4.68. The second kappa shape index (κ2) is 9.25. The largest absolute Gasteiger partial charge is 0.371 e. The first-order chi connectivity index (χ1) is 15.3. The minimum atomic E-state index is 0.137. The highest BCUT2D eigenvalue weighted by atomic mass is 32.1. The fourth-order valence-corrected chi connectivity index (χ4v) is 5.32. The number of benzene rings is 2. The molecule has 0 saturated carbocycles. The van der Waals surface area contributed by atoms with E-state index in [2.05, 4.69) is 64.1 Å². The minimum Gasteiger partial charge on any atom is -0.371 e. The second-order valence-electron chi connectivity index (χ2n) is 8.51. The maximum Gasteiger partial charge on any atom is 0.254 e. The van der Waals surface area contributed by atoms with Gasteiger partial charge in [-0.25, -0.2) is 0 Å². The van der Waals surface area contributed by atoms with Gasteiger partial charge in [0.2, 0.25) is 0 Å². The smallest absolute Gasteiger partial charge is 0.254 e. The maximum absolute atomic E-state index is 13.0. The van der Waals surface area contributed by atoms with Gasteiger partial charge >= 0.3 is 0 Å². The number of piperidine rings is 1. The van der Waals surface area contributed by atoms with Crippen molar-refractivity contribution in [2.45, 2.75) is 38.4 Å². The molecule has 1 fully saturated rings. The van der Waals surface area contributed by atoms with E-state index in [1.54, 1.807) is 0 Å². The standard InChI is InChI=1S/C26H29N3OS/c30-26(29-14-11-20-4-1-2-5-22(20)19-29)21-7-9-24(10-8-21)28-15-12-23(13-16-28)27-18-25-6-3-17-31-25/h1-10,17,23,27H,11-16,18-19H2. The van der Waals surface area contributed by atoms with E-state index in [9.17, 15) is 4.79 Å². The van der Waals surface area contributed by atoms with Crippen LogP contribution in [0, 0.1) is 0 Å². The summed E-state index contributed by atoms with van der Waals surface area (Å²) in [4.78, 5) is 18.8. The van der Waals surface area contributed by atoms with E-state index in [4.69, 9.17) is 0 Å². The molecule has 0 atom stereocenters. The summed E-state index contributed by atoms with van der Waals surface area (Å²) in [6.07, 6.45) is 3.24. The van der Waals surface area contributed by atoms with Crippen LogP contribution in [0.4, 0.5) is 5.69 Å². The zero-order valence-electron chi connectivity index (χ0n) is 17.8. The van der Waals surface area contributed by atoms with Crippen LogP contribution < -0.4 is 10.2 Å². The summed E-state index contributed by atoms with van der Waals surface area (Å²) < 4.78 is 0. The van der Waals surface area contributed by atoms with Gasteiger partial charge in [-0.2, -0.15) is 0 Å². The molecule has 2 aliphatic rings. The van der Waals surface area contributed by atoms with E-state index < -0.39 is 0 Å². The number of carbonyl (C=O) groups is 1. The van der Waals surface area contributed by atoms with E-state index >= 15 is 0 Å². The minimum absolute atomic E-state index is 0.137. The van der Waals surface area contributed by atoms with Gasteiger partial charge in [-0.05, 0) is 66.1 Å². The SMILES string of the molecule is O=C(c1ccc(N2CCC(NCc3cccs3)CC2)cc1)N1CCc2ccccc2C1. The van der Waals surface area contributed by atoms with Crippen LogP contribution >= 0.6 is 11.3 Å². The Labute approximate surface area is 188 Å². The number of thiophene rings is 1. The first kappa shape index (κ1) is 20.3. The molecule has 0 aliphatic carbocycles. The Morgan fingerprint density at radius 1 is 0.935 bits per heavy atom. The highest BCUT2D eigenvalue weighted by molar-refractivity contribution is 7.09. The monoisotopic (exact) mass is 431 g/mol. The molecular formula is C26H29N3OS. The molecule has 1 aromatic heterocycles. The Morgan fingerprint density at radius 2 is 1.71 bits per heavy atom. The molecule has 2 aliphatic heterocycles. The van der Waals surface area contributed by atoms with Gasteiger partial charge in [-0.3, -0.25) is 4.79 Å². The van der Waals surface area contributed by atoms with Crippen molar-refractivity contribution in [2.75, 3.05) is 24.5 Å². The molecule has 31 heavy (non-hydrogen) atoms. The summed E-state index contributed by atoms with van der Waals surface area (Å²) in [6.45, 7) is 4.59. The van der Waals surface area contributed by atoms with Crippen molar-refractivity contribution in [3.05, 3.63) is 87.6 Å². The van der Waals surface area contributed by atoms with E-state index in [1.807, 2.05) is 28.4 Å². The van der Waals surface area contributed by atoms with Crippen molar-refractivity contribution in [1.29, 1.82) is 0 Å². The summed E-state index contributed by atoms with van der Waals surface area (Å²) in [6, 6.07) is 21.6.